The summed E-state index contributed by atoms with van der Waals surface area (Å²) < 4.78 is 0. The average molecular weight is 387 g/mol. The Bertz CT molecular complexity index is 927. The number of aryl methyl sites for hydroxylation is 1. The molecule has 0 radical (unpaired) electrons. The fourth-order valence-corrected chi connectivity index (χ4v) is 2.91. The number of hydrogen-bond acceptors (Lipinski definition) is 4. The predicted octanol–water partition coefficient (Wildman–Crippen LogP) is 5.11. The van der Waals surface area contributed by atoms with Crippen molar-refractivity contribution < 1.29 is 4.79 Å². The normalized spacial score (nSPS) is 10.5. The maximum atomic E-state index is 12.6. The number of amides is 1. The molecule has 1 aromatic heterocycles. The average Bonchev–Trinajstić information content (AvgIpc) is 2.64. The lowest BCUT2D eigenvalue weighted by atomic mass is 10.2. The van der Waals surface area contributed by atoms with Crippen LogP contribution in [0.5, 0.6) is 0 Å². The minimum Gasteiger partial charge on any atom is -0.329 e. The zero-order valence-electron chi connectivity index (χ0n) is 14.2. The molecule has 0 fully saturated rings. The van der Waals surface area contributed by atoms with Crippen molar-refractivity contribution in [1.29, 1.82) is 0 Å². The molecule has 3 rings (SSSR count). The van der Waals surface area contributed by atoms with E-state index in [1.54, 1.807) is 31.2 Å². The fraction of sp³-hybridized carbons (Fsp3) is 0.105. The summed E-state index contributed by atoms with van der Waals surface area (Å²) in [6.07, 6.45) is 0. The largest absolute Gasteiger partial charge is 0.329 e. The van der Waals surface area contributed by atoms with Crippen molar-refractivity contribution in [3.8, 4) is 0 Å². The standard InChI is InChI=1S/C19H16Cl2N4O/c1-12-22-16(19(26)24-18-14(20)9-6-10-15(18)21)11-17(23-12)25(2)13-7-4-3-5-8-13/h3-11H,1-2H3,(H,24,26). The van der Waals surface area contributed by atoms with Crippen molar-refractivity contribution in [2.45, 2.75) is 6.92 Å². The summed E-state index contributed by atoms with van der Waals surface area (Å²) in [6, 6.07) is 16.4. The van der Waals surface area contributed by atoms with Gasteiger partial charge in [0.15, 0.2) is 0 Å². The minimum atomic E-state index is -0.409. The Morgan fingerprint density at radius 2 is 1.65 bits per heavy atom. The molecule has 3 aromatic rings. The van der Waals surface area contributed by atoms with E-state index in [2.05, 4.69) is 15.3 Å². The summed E-state index contributed by atoms with van der Waals surface area (Å²) in [5.41, 5.74) is 1.53. The molecule has 0 spiro atoms. The first kappa shape index (κ1) is 18.2. The van der Waals surface area contributed by atoms with E-state index in [-0.39, 0.29) is 5.69 Å². The Kier molecular flexibility index (Phi) is 5.40. The molecule has 0 aliphatic heterocycles. The van der Waals surface area contributed by atoms with Crippen molar-refractivity contribution in [2.24, 2.45) is 0 Å². The number of nitrogens with zero attached hydrogens (tertiary/aromatic N) is 3. The first-order valence-corrected chi connectivity index (χ1v) is 8.61. The van der Waals surface area contributed by atoms with E-state index in [9.17, 15) is 4.79 Å². The van der Waals surface area contributed by atoms with Crippen LogP contribution in [-0.4, -0.2) is 22.9 Å². The second kappa shape index (κ2) is 7.72. The minimum absolute atomic E-state index is 0.228. The van der Waals surface area contributed by atoms with Gasteiger partial charge in [-0.05, 0) is 31.2 Å². The fourth-order valence-electron chi connectivity index (χ4n) is 2.42. The Morgan fingerprint density at radius 3 is 2.31 bits per heavy atom. The first-order valence-electron chi connectivity index (χ1n) is 7.85. The van der Waals surface area contributed by atoms with E-state index in [1.165, 1.54) is 0 Å². The summed E-state index contributed by atoms with van der Waals surface area (Å²) in [4.78, 5) is 23.2. The van der Waals surface area contributed by atoms with Crippen LogP contribution < -0.4 is 10.2 Å². The SMILES string of the molecule is Cc1nc(C(=O)Nc2c(Cl)cccc2Cl)cc(N(C)c2ccccc2)n1. The number of para-hydroxylation sites is 2. The Hall–Kier alpha value is -2.63. The van der Waals surface area contributed by atoms with Crippen LogP contribution in [0.2, 0.25) is 10.0 Å². The van der Waals surface area contributed by atoms with Crippen LogP contribution >= 0.6 is 23.2 Å². The van der Waals surface area contributed by atoms with Crippen LogP contribution in [0.15, 0.2) is 54.6 Å². The zero-order chi connectivity index (χ0) is 18.7. The Balaban J connectivity index is 1.91. The first-order chi connectivity index (χ1) is 12.5. The molecule has 1 amide bonds. The van der Waals surface area contributed by atoms with Gasteiger partial charge < -0.3 is 10.2 Å². The van der Waals surface area contributed by atoms with Crippen molar-refractivity contribution in [2.75, 3.05) is 17.3 Å². The monoisotopic (exact) mass is 386 g/mol. The molecule has 0 saturated carbocycles. The third-order valence-electron chi connectivity index (χ3n) is 3.75. The molecule has 5 nitrogen and oxygen atoms in total. The third kappa shape index (κ3) is 3.95. The number of aromatic nitrogens is 2. The molecule has 0 bridgehead atoms. The number of benzene rings is 2. The van der Waals surface area contributed by atoms with Crippen molar-refractivity contribution >= 4 is 46.3 Å². The van der Waals surface area contributed by atoms with Gasteiger partial charge in [-0.25, -0.2) is 9.97 Å². The van der Waals surface area contributed by atoms with E-state index in [1.807, 2.05) is 42.3 Å². The molecule has 132 valence electrons. The maximum absolute atomic E-state index is 12.6. The maximum Gasteiger partial charge on any atom is 0.274 e. The van der Waals surface area contributed by atoms with E-state index in [0.29, 0.717) is 27.4 Å². The number of nitrogens with one attached hydrogen (secondary N) is 1. The molecule has 0 aliphatic carbocycles. The highest BCUT2D eigenvalue weighted by molar-refractivity contribution is 6.40. The molecule has 0 atom stereocenters. The summed E-state index contributed by atoms with van der Waals surface area (Å²) >= 11 is 12.2. The highest BCUT2D eigenvalue weighted by Crippen LogP contribution is 2.30. The van der Waals surface area contributed by atoms with Crippen LogP contribution in [0.1, 0.15) is 16.3 Å². The van der Waals surface area contributed by atoms with Gasteiger partial charge in [0, 0.05) is 18.8 Å². The Morgan fingerprint density at radius 1 is 1.00 bits per heavy atom. The quantitative estimate of drug-likeness (QED) is 0.676. The predicted molar refractivity (Wildman–Crippen MR) is 106 cm³/mol. The van der Waals surface area contributed by atoms with Gasteiger partial charge in [-0.2, -0.15) is 0 Å². The van der Waals surface area contributed by atoms with Crippen LogP contribution in [0.25, 0.3) is 0 Å². The number of halogens is 2. The van der Waals surface area contributed by atoms with Crippen LogP contribution in [-0.2, 0) is 0 Å². The summed E-state index contributed by atoms with van der Waals surface area (Å²) in [5, 5.41) is 3.44. The second-order valence-electron chi connectivity index (χ2n) is 5.60. The van der Waals surface area contributed by atoms with E-state index in [4.69, 9.17) is 23.2 Å². The lowest BCUT2D eigenvalue weighted by Gasteiger charge is -2.19. The van der Waals surface area contributed by atoms with Crippen molar-refractivity contribution in [3.63, 3.8) is 0 Å². The number of hydrogen-bond donors (Lipinski definition) is 1. The van der Waals surface area contributed by atoms with Gasteiger partial charge in [-0.1, -0.05) is 47.5 Å². The zero-order valence-corrected chi connectivity index (χ0v) is 15.7. The molecule has 0 saturated heterocycles. The van der Waals surface area contributed by atoms with Crippen molar-refractivity contribution in [3.05, 3.63) is 76.2 Å². The van der Waals surface area contributed by atoms with Crippen LogP contribution in [0.3, 0.4) is 0 Å². The smallest absolute Gasteiger partial charge is 0.274 e. The summed E-state index contributed by atoms with van der Waals surface area (Å²) in [5.74, 6) is 0.688. The number of carbonyl (C=O) groups is 1. The van der Waals surface area contributed by atoms with E-state index in [0.717, 1.165) is 5.69 Å². The highest BCUT2D eigenvalue weighted by atomic mass is 35.5. The molecular weight excluding hydrogens is 371 g/mol. The number of anilines is 3. The molecule has 26 heavy (non-hydrogen) atoms. The van der Waals surface area contributed by atoms with Gasteiger partial charge in [-0.15, -0.1) is 0 Å². The molecular formula is C19H16Cl2N4O. The van der Waals surface area contributed by atoms with E-state index < -0.39 is 5.91 Å². The lowest BCUT2D eigenvalue weighted by molar-refractivity contribution is 0.102. The highest BCUT2D eigenvalue weighted by Gasteiger charge is 2.16. The molecule has 2 aromatic carbocycles. The molecule has 1 N–H and O–H groups in total. The van der Waals surface area contributed by atoms with Gasteiger partial charge in [0.25, 0.3) is 5.91 Å². The molecule has 0 aliphatic rings. The van der Waals surface area contributed by atoms with Gasteiger partial charge in [0.1, 0.15) is 17.3 Å². The third-order valence-corrected chi connectivity index (χ3v) is 4.38. The second-order valence-corrected chi connectivity index (χ2v) is 6.42. The van der Waals surface area contributed by atoms with E-state index >= 15 is 0 Å². The number of carbonyl (C=O) groups excluding carboxylic acids is 1. The lowest BCUT2D eigenvalue weighted by Crippen LogP contribution is -2.18. The molecule has 1 heterocycles. The van der Waals surface area contributed by atoms with Crippen LogP contribution in [0, 0.1) is 6.92 Å². The van der Waals surface area contributed by atoms with Gasteiger partial charge in [-0.3, -0.25) is 4.79 Å². The van der Waals surface area contributed by atoms with Crippen molar-refractivity contribution in [1.82, 2.24) is 9.97 Å². The van der Waals surface area contributed by atoms with Gasteiger partial charge in [0.2, 0.25) is 0 Å². The summed E-state index contributed by atoms with van der Waals surface area (Å²) in [6.45, 7) is 1.74. The number of rotatable bonds is 4. The summed E-state index contributed by atoms with van der Waals surface area (Å²) in [7, 11) is 1.88. The molecule has 7 heteroatoms. The van der Waals surface area contributed by atoms with Gasteiger partial charge >= 0.3 is 0 Å². The Labute approximate surface area is 161 Å². The van der Waals surface area contributed by atoms with Gasteiger partial charge in [0.05, 0.1) is 15.7 Å². The van der Waals surface area contributed by atoms with Crippen LogP contribution in [0.4, 0.5) is 17.2 Å². The topological polar surface area (TPSA) is 58.1 Å². The molecule has 0 unspecified atom stereocenters.